The molecule has 0 radical (unpaired) electrons. The van der Waals surface area contributed by atoms with Crippen molar-refractivity contribution in [3.8, 4) is 0 Å². The Morgan fingerprint density at radius 1 is 1.00 bits per heavy atom. The third-order valence-electron chi connectivity index (χ3n) is 3.02. The van der Waals surface area contributed by atoms with Gasteiger partial charge in [-0.2, -0.15) is 0 Å². The van der Waals surface area contributed by atoms with Gasteiger partial charge in [0, 0.05) is 16.2 Å². The SMILES string of the molecule is O=C1ON=C(c2ccccc2)/C1=C/CSc1ccccc1. The fourth-order valence-corrected chi connectivity index (χ4v) is 2.80. The first-order valence-corrected chi connectivity index (χ1v) is 7.56. The van der Waals surface area contributed by atoms with Crippen molar-refractivity contribution in [2.24, 2.45) is 5.16 Å². The average Bonchev–Trinajstić information content (AvgIpc) is 2.91. The van der Waals surface area contributed by atoms with Gasteiger partial charge in [0.25, 0.3) is 0 Å². The monoisotopic (exact) mass is 295 g/mol. The molecule has 3 rings (SSSR count). The van der Waals surface area contributed by atoms with Crippen molar-refractivity contribution < 1.29 is 9.63 Å². The van der Waals surface area contributed by atoms with Crippen LogP contribution in [-0.4, -0.2) is 17.4 Å². The zero-order chi connectivity index (χ0) is 14.5. The standard InChI is InChI=1S/C17H13NO2S/c19-17-15(11-12-21-14-9-5-2-6-10-14)16(18-20-17)13-7-3-1-4-8-13/h1-11H,12H2/b15-11-. The molecule has 0 aliphatic carbocycles. The van der Waals surface area contributed by atoms with E-state index in [0.29, 0.717) is 17.0 Å². The fraction of sp³-hybridized carbons (Fsp3) is 0.0588. The Kier molecular flexibility index (Phi) is 4.17. The van der Waals surface area contributed by atoms with E-state index in [2.05, 4.69) is 5.16 Å². The van der Waals surface area contributed by atoms with Gasteiger partial charge in [-0.1, -0.05) is 59.8 Å². The summed E-state index contributed by atoms with van der Waals surface area (Å²) in [5, 5.41) is 3.88. The van der Waals surface area contributed by atoms with Gasteiger partial charge in [-0.15, -0.1) is 11.8 Å². The lowest BCUT2D eigenvalue weighted by molar-refractivity contribution is -0.136. The van der Waals surface area contributed by atoms with Gasteiger partial charge in [-0.05, 0) is 12.1 Å². The molecule has 0 N–H and O–H groups in total. The van der Waals surface area contributed by atoms with Crippen LogP contribution in [0.2, 0.25) is 0 Å². The zero-order valence-electron chi connectivity index (χ0n) is 11.2. The largest absolute Gasteiger partial charge is 0.367 e. The zero-order valence-corrected chi connectivity index (χ0v) is 12.0. The Hall–Kier alpha value is -2.33. The van der Waals surface area contributed by atoms with Gasteiger partial charge in [0.15, 0.2) is 0 Å². The van der Waals surface area contributed by atoms with E-state index in [-0.39, 0.29) is 5.97 Å². The Labute approximate surface area is 127 Å². The lowest BCUT2D eigenvalue weighted by Gasteiger charge is -2.00. The van der Waals surface area contributed by atoms with Crippen LogP contribution < -0.4 is 0 Å². The first-order valence-electron chi connectivity index (χ1n) is 6.58. The smallest absolute Gasteiger partial charge is 0.312 e. The summed E-state index contributed by atoms with van der Waals surface area (Å²) < 4.78 is 0. The van der Waals surface area contributed by atoms with E-state index >= 15 is 0 Å². The van der Waals surface area contributed by atoms with E-state index < -0.39 is 0 Å². The summed E-state index contributed by atoms with van der Waals surface area (Å²) in [5.41, 5.74) is 2.03. The lowest BCUT2D eigenvalue weighted by atomic mass is 10.0. The third-order valence-corrected chi connectivity index (χ3v) is 3.96. The highest BCUT2D eigenvalue weighted by Crippen LogP contribution is 2.21. The lowest BCUT2D eigenvalue weighted by Crippen LogP contribution is -2.07. The Bertz CT molecular complexity index is 693. The van der Waals surface area contributed by atoms with Crippen LogP contribution in [0, 0.1) is 0 Å². The van der Waals surface area contributed by atoms with Crippen molar-refractivity contribution in [2.45, 2.75) is 4.90 Å². The highest BCUT2D eigenvalue weighted by molar-refractivity contribution is 7.99. The minimum Gasteiger partial charge on any atom is -0.312 e. The highest BCUT2D eigenvalue weighted by Gasteiger charge is 2.26. The Balaban J connectivity index is 1.75. The summed E-state index contributed by atoms with van der Waals surface area (Å²) in [4.78, 5) is 17.8. The molecule has 0 unspecified atom stereocenters. The van der Waals surface area contributed by atoms with Gasteiger partial charge in [0.2, 0.25) is 0 Å². The van der Waals surface area contributed by atoms with Crippen molar-refractivity contribution >= 4 is 23.4 Å². The molecule has 21 heavy (non-hydrogen) atoms. The molecule has 0 atom stereocenters. The molecule has 104 valence electrons. The van der Waals surface area contributed by atoms with Crippen LogP contribution in [-0.2, 0) is 9.63 Å². The molecule has 0 amide bonds. The molecule has 0 aromatic heterocycles. The van der Waals surface area contributed by atoms with Crippen LogP contribution in [0.3, 0.4) is 0 Å². The number of carbonyl (C=O) groups excluding carboxylic acids is 1. The van der Waals surface area contributed by atoms with Crippen molar-refractivity contribution in [2.75, 3.05) is 5.75 Å². The number of thioether (sulfide) groups is 1. The van der Waals surface area contributed by atoms with Crippen molar-refractivity contribution in [1.82, 2.24) is 0 Å². The van der Waals surface area contributed by atoms with Gasteiger partial charge in [-0.25, -0.2) is 4.79 Å². The Morgan fingerprint density at radius 2 is 1.67 bits per heavy atom. The topological polar surface area (TPSA) is 38.7 Å². The number of oxime groups is 1. The molecule has 2 aromatic rings. The van der Waals surface area contributed by atoms with E-state index in [1.165, 1.54) is 4.90 Å². The third kappa shape index (κ3) is 3.23. The summed E-state index contributed by atoms with van der Waals surface area (Å²) >= 11 is 1.67. The molecule has 0 fully saturated rings. The molecule has 1 aliphatic rings. The summed E-state index contributed by atoms with van der Waals surface area (Å²) in [6.07, 6.45) is 1.87. The summed E-state index contributed by atoms with van der Waals surface area (Å²) in [7, 11) is 0. The molecule has 0 spiro atoms. The number of carbonyl (C=O) groups is 1. The predicted molar refractivity (Wildman–Crippen MR) is 84.3 cm³/mol. The minimum atomic E-state index is -0.387. The van der Waals surface area contributed by atoms with E-state index in [1.54, 1.807) is 11.8 Å². The van der Waals surface area contributed by atoms with Crippen LogP contribution in [0.5, 0.6) is 0 Å². The van der Waals surface area contributed by atoms with E-state index in [0.717, 1.165) is 5.56 Å². The fourth-order valence-electron chi connectivity index (χ4n) is 2.00. The molecule has 4 heteroatoms. The second kappa shape index (κ2) is 6.41. The van der Waals surface area contributed by atoms with Crippen molar-refractivity contribution in [3.63, 3.8) is 0 Å². The van der Waals surface area contributed by atoms with E-state index in [9.17, 15) is 4.79 Å². The minimum absolute atomic E-state index is 0.387. The average molecular weight is 295 g/mol. The molecule has 3 nitrogen and oxygen atoms in total. The first-order chi connectivity index (χ1) is 10.3. The molecular weight excluding hydrogens is 282 g/mol. The van der Waals surface area contributed by atoms with Gasteiger partial charge >= 0.3 is 5.97 Å². The molecule has 1 aliphatic heterocycles. The second-order valence-electron chi connectivity index (χ2n) is 4.43. The highest BCUT2D eigenvalue weighted by atomic mass is 32.2. The van der Waals surface area contributed by atoms with Crippen LogP contribution in [0.4, 0.5) is 0 Å². The number of hydrogen-bond donors (Lipinski definition) is 0. The molecule has 0 saturated heterocycles. The number of hydrogen-bond acceptors (Lipinski definition) is 4. The molecular formula is C17H13NO2S. The van der Waals surface area contributed by atoms with Gasteiger partial charge in [-0.3, -0.25) is 0 Å². The molecule has 2 aromatic carbocycles. The first kappa shape index (κ1) is 13.6. The van der Waals surface area contributed by atoms with Crippen molar-refractivity contribution in [3.05, 3.63) is 77.9 Å². The van der Waals surface area contributed by atoms with Crippen LogP contribution in [0.1, 0.15) is 5.56 Å². The van der Waals surface area contributed by atoms with Crippen LogP contribution >= 0.6 is 11.8 Å². The normalized spacial score (nSPS) is 15.9. The van der Waals surface area contributed by atoms with Crippen LogP contribution in [0.25, 0.3) is 0 Å². The predicted octanol–water partition coefficient (Wildman–Crippen LogP) is 3.67. The Morgan fingerprint density at radius 3 is 2.38 bits per heavy atom. The molecule has 1 heterocycles. The number of benzene rings is 2. The quantitative estimate of drug-likeness (QED) is 0.491. The number of nitrogens with zero attached hydrogens (tertiary/aromatic N) is 1. The second-order valence-corrected chi connectivity index (χ2v) is 5.52. The van der Waals surface area contributed by atoms with Gasteiger partial charge < -0.3 is 4.84 Å². The summed E-state index contributed by atoms with van der Waals surface area (Å²) in [6, 6.07) is 19.6. The van der Waals surface area contributed by atoms with Gasteiger partial charge in [0.1, 0.15) is 5.71 Å². The maximum atomic E-state index is 11.8. The maximum Gasteiger partial charge on any atom is 0.367 e. The van der Waals surface area contributed by atoms with Gasteiger partial charge in [0.05, 0.1) is 5.57 Å². The summed E-state index contributed by atoms with van der Waals surface area (Å²) in [5.74, 6) is 0.308. The van der Waals surface area contributed by atoms with E-state index in [4.69, 9.17) is 4.84 Å². The maximum absolute atomic E-state index is 11.8. The molecule has 0 bridgehead atoms. The number of rotatable bonds is 4. The van der Waals surface area contributed by atoms with Crippen LogP contribution in [0.15, 0.2) is 82.4 Å². The molecule has 0 saturated carbocycles. The van der Waals surface area contributed by atoms with Crippen molar-refractivity contribution in [1.29, 1.82) is 0 Å². The van der Waals surface area contributed by atoms with E-state index in [1.807, 2.05) is 66.7 Å². The summed E-state index contributed by atoms with van der Waals surface area (Å²) in [6.45, 7) is 0.